The van der Waals surface area contributed by atoms with Gasteiger partial charge in [-0.2, -0.15) is 0 Å². The van der Waals surface area contributed by atoms with Gasteiger partial charge < -0.3 is 28.4 Å². The Bertz CT molecular complexity index is 557. The smallest absolute Gasteiger partial charge is 0.303 e. The number of rotatable bonds is 7. The van der Waals surface area contributed by atoms with Gasteiger partial charge in [-0.3, -0.25) is 19.2 Å². The van der Waals surface area contributed by atoms with Gasteiger partial charge in [0.1, 0.15) is 12.7 Å². The number of esters is 4. The Balaban J connectivity index is 3.24. The summed E-state index contributed by atoms with van der Waals surface area (Å²) in [6.45, 7) is 7.69. The van der Waals surface area contributed by atoms with Crippen LogP contribution in [0.2, 0.25) is 0 Å². The molecule has 0 N–H and O–H groups in total. The molecule has 5 atom stereocenters. The van der Waals surface area contributed by atoms with Crippen molar-refractivity contribution in [3.63, 3.8) is 0 Å². The maximum Gasteiger partial charge on any atom is 0.303 e. The van der Waals surface area contributed by atoms with Crippen LogP contribution in [0.5, 0.6) is 0 Å². The fourth-order valence-corrected chi connectivity index (χ4v) is 2.39. The van der Waals surface area contributed by atoms with Gasteiger partial charge >= 0.3 is 23.9 Å². The molecular formula is C16H22O10. The second-order valence-electron chi connectivity index (χ2n) is 5.37. The van der Waals surface area contributed by atoms with Crippen LogP contribution in [0.15, 0.2) is 12.8 Å². The zero-order valence-corrected chi connectivity index (χ0v) is 15.0. The van der Waals surface area contributed by atoms with Crippen molar-refractivity contribution in [3.05, 3.63) is 12.8 Å². The first-order chi connectivity index (χ1) is 12.1. The number of hydrogen-bond acceptors (Lipinski definition) is 10. The zero-order chi connectivity index (χ0) is 19.9. The minimum absolute atomic E-state index is 0.311. The fourth-order valence-electron chi connectivity index (χ4n) is 2.39. The second kappa shape index (κ2) is 9.76. The molecule has 1 fully saturated rings. The molecular weight excluding hydrogens is 352 g/mol. The minimum Gasteiger partial charge on any atom is -0.469 e. The number of carbonyl (C=O) groups is 4. The predicted molar refractivity (Wildman–Crippen MR) is 83.2 cm³/mol. The Kier molecular flexibility index (Phi) is 8.04. The van der Waals surface area contributed by atoms with Crippen LogP contribution in [0.25, 0.3) is 0 Å². The van der Waals surface area contributed by atoms with Crippen LogP contribution in [0.3, 0.4) is 0 Å². The molecule has 146 valence electrons. The molecule has 0 aromatic heterocycles. The summed E-state index contributed by atoms with van der Waals surface area (Å²) in [5, 5.41) is 0. The average molecular weight is 374 g/mol. The van der Waals surface area contributed by atoms with Crippen LogP contribution in [-0.4, -0.2) is 61.2 Å². The molecule has 0 aromatic rings. The highest BCUT2D eigenvalue weighted by Crippen LogP contribution is 2.29. The normalized spacial score (nSPS) is 27.6. The summed E-state index contributed by atoms with van der Waals surface area (Å²) in [6, 6.07) is 0. The lowest BCUT2D eigenvalue weighted by Crippen LogP contribution is -2.62. The highest BCUT2D eigenvalue weighted by molar-refractivity contribution is 5.68. The standard InChI is InChI=1S/C16H22O10/c1-6-21-16-15(25-11(5)20)14(24-10(4)19)13(23-9(3)18)12(26-16)7-22-8(2)17/h6,12-16H,1,7H2,2-5H3/t12-,13+,14-,15-,16+/m0/s1. The third-order valence-corrected chi connectivity index (χ3v) is 3.18. The molecule has 0 aliphatic carbocycles. The topological polar surface area (TPSA) is 124 Å². The maximum absolute atomic E-state index is 11.5. The van der Waals surface area contributed by atoms with Gasteiger partial charge in [-0.15, -0.1) is 0 Å². The van der Waals surface area contributed by atoms with Crippen molar-refractivity contribution in [1.82, 2.24) is 0 Å². The first-order valence-corrected chi connectivity index (χ1v) is 7.72. The molecule has 1 heterocycles. The summed E-state index contributed by atoms with van der Waals surface area (Å²) in [6.07, 6.45) is -4.92. The maximum atomic E-state index is 11.5. The van der Waals surface area contributed by atoms with E-state index >= 15 is 0 Å². The van der Waals surface area contributed by atoms with Gasteiger partial charge in [0, 0.05) is 27.7 Å². The van der Waals surface area contributed by atoms with Crippen molar-refractivity contribution in [1.29, 1.82) is 0 Å². The molecule has 0 aromatic carbocycles. The first kappa shape index (κ1) is 21.4. The number of carbonyl (C=O) groups excluding carboxylic acids is 4. The van der Waals surface area contributed by atoms with Crippen molar-refractivity contribution >= 4 is 23.9 Å². The second-order valence-corrected chi connectivity index (χ2v) is 5.37. The molecule has 10 nitrogen and oxygen atoms in total. The van der Waals surface area contributed by atoms with Crippen LogP contribution < -0.4 is 0 Å². The Hall–Kier alpha value is -2.62. The van der Waals surface area contributed by atoms with E-state index in [1.54, 1.807) is 0 Å². The highest BCUT2D eigenvalue weighted by atomic mass is 16.7. The van der Waals surface area contributed by atoms with E-state index in [1.807, 2.05) is 0 Å². The molecule has 0 spiro atoms. The van der Waals surface area contributed by atoms with Gasteiger partial charge in [0.25, 0.3) is 0 Å². The summed E-state index contributed by atoms with van der Waals surface area (Å²) < 4.78 is 31.2. The summed E-state index contributed by atoms with van der Waals surface area (Å²) in [5.41, 5.74) is 0. The van der Waals surface area contributed by atoms with Crippen molar-refractivity contribution in [2.45, 2.75) is 58.4 Å². The summed E-state index contributed by atoms with van der Waals surface area (Å²) in [5.74, 6) is -2.71. The Morgan fingerprint density at radius 1 is 0.846 bits per heavy atom. The molecule has 26 heavy (non-hydrogen) atoms. The molecule has 1 aliphatic rings. The molecule has 0 amide bonds. The summed E-state index contributed by atoms with van der Waals surface area (Å²) in [4.78, 5) is 45.5. The lowest BCUT2D eigenvalue weighted by Gasteiger charge is -2.43. The molecule has 0 unspecified atom stereocenters. The van der Waals surface area contributed by atoms with Crippen molar-refractivity contribution in [3.8, 4) is 0 Å². The molecule has 1 aliphatic heterocycles. The summed E-state index contributed by atoms with van der Waals surface area (Å²) in [7, 11) is 0. The van der Waals surface area contributed by atoms with E-state index in [9.17, 15) is 19.2 Å². The zero-order valence-electron chi connectivity index (χ0n) is 15.0. The number of ether oxygens (including phenoxy) is 6. The van der Waals surface area contributed by atoms with Gasteiger partial charge in [0.15, 0.2) is 12.2 Å². The SMILES string of the molecule is C=CO[C@@H]1O[C@@H](COC(C)=O)[C@@H](OC(C)=O)[C@H](OC(C)=O)[C@@H]1OC(C)=O. The average Bonchev–Trinajstić information content (AvgIpc) is 2.50. The van der Waals surface area contributed by atoms with Crippen LogP contribution in [0.1, 0.15) is 27.7 Å². The third kappa shape index (κ3) is 6.36. The lowest BCUT2D eigenvalue weighted by atomic mass is 9.98. The molecule has 1 rings (SSSR count). The predicted octanol–water partition coefficient (Wildman–Crippen LogP) is 0.230. The van der Waals surface area contributed by atoms with Crippen LogP contribution in [0, 0.1) is 0 Å². The van der Waals surface area contributed by atoms with E-state index in [1.165, 1.54) is 6.92 Å². The Labute approximate surface area is 150 Å². The van der Waals surface area contributed by atoms with Crippen LogP contribution in [-0.2, 0) is 47.6 Å². The van der Waals surface area contributed by atoms with Gasteiger partial charge in [0.2, 0.25) is 12.4 Å². The largest absolute Gasteiger partial charge is 0.469 e. The monoisotopic (exact) mass is 374 g/mol. The van der Waals surface area contributed by atoms with E-state index in [2.05, 4.69) is 6.58 Å². The first-order valence-electron chi connectivity index (χ1n) is 7.72. The van der Waals surface area contributed by atoms with Crippen molar-refractivity contribution in [2.75, 3.05) is 6.61 Å². The van der Waals surface area contributed by atoms with Gasteiger partial charge in [0.05, 0.1) is 6.26 Å². The molecule has 0 radical (unpaired) electrons. The Morgan fingerprint density at radius 3 is 1.81 bits per heavy atom. The van der Waals surface area contributed by atoms with Crippen molar-refractivity contribution in [2.24, 2.45) is 0 Å². The van der Waals surface area contributed by atoms with Gasteiger partial charge in [-0.05, 0) is 0 Å². The fraction of sp³-hybridized carbons (Fsp3) is 0.625. The van der Waals surface area contributed by atoms with E-state index in [0.29, 0.717) is 0 Å². The molecule has 1 saturated heterocycles. The van der Waals surface area contributed by atoms with Crippen LogP contribution >= 0.6 is 0 Å². The van der Waals surface area contributed by atoms with Gasteiger partial charge in [-0.1, -0.05) is 6.58 Å². The van der Waals surface area contributed by atoms with Crippen molar-refractivity contribution < 1.29 is 47.6 Å². The van der Waals surface area contributed by atoms with E-state index in [0.717, 1.165) is 27.0 Å². The quantitative estimate of drug-likeness (QED) is 0.347. The molecule has 0 bridgehead atoms. The van der Waals surface area contributed by atoms with E-state index in [-0.39, 0.29) is 6.61 Å². The highest BCUT2D eigenvalue weighted by Gasteiger charge is 2.53. The lowest BCUT2D eigenvalue weighted by molar-refractivity contribution is -0.297. The third-order valence-electron chi connectivity index (χ3n) is 3.18. The Morgan fingerprint density at radius 2 is 1.35 bits per heavy atom. The van der Waals surface area contributed by atoms with E-state index < -0.39 is 54.6 Å². The van der Waals surface area contributed by atoms with Gasteiger partial charge in [-0.25, -0.2) is 0 Å². The minimum atomic E-state index is -1.25. The number of hydrogen-bond donors (Lipinski definition) is 0. The molecule has 0 saturated carbocycles. The van der Waals surface area contributed by atoms with Crippen LogP contribution in [0.4, 0.5) is 0 Å². The molecule has 10 heteroatoms. The summed E-state index contributed by atoms with van der Waals surface area (Å²) >= 11 is 0. The van der Waals surface area contributed by atoms with E-state index in [4.69, 9.17) is 28.4 Å².